The van der Waals surface area contributed by atoms with Crippen molar-refractivity contribution in [2.45, 2.75) is 12.8 Å². The summed E-state index contributed by atoms with van der Waals surface area (Å²) in [7, 11) is -2.65. The first-order chi connectivity index (χ1) is 5.67. The smallest absolute Gasteiger partial charge is 0.150 e. The second-order valence-electron chi connectivity index (χ2n) is 3.91. The molecule has 2 fully saturated rings. The minimum Gasteiger partial charge on any atom is -0.316 e. The van der Waals surface area contributed by atoms with Gasteiger partial charge in [-0.15, -0.1) is 0 Å². The monoisotopic (exact) mass is 189 g/mol. The van der Waals surface area contributed by atoms with Gasteiger partial charge >= 0.3 is 0 Å². The highest BCUT2D eigenvalue weighted by Crippen LogP contribution is 2.28. The Kier molecular flexibility index (Phi) is 2.12. The Balaban J connectivity index is 1.89. The fourth-order valence-corrected chi connectivity index (χ4v) is 3.55. The van der Waals surface area contributed by atoms with E-state index in [4.69, 9.17) is 0 Å². The molecule has 0 aromatic rings. The molecule has 0 aromatic heterocycles. The molecule has 0 unspecified atom stereocenters. The average Bonchev–Trinajstić information content (AvgIpc) is 1.89. The number of sulfone groups is 1. The Bertz CT molecular complexity index is 242. The van der Waals surface area contributed by atoms with Crippen molar-refractivity contribution in [1.82, 2.24) is 5.32 Å². The predicted octanol–water partition coefficient (Wildman–Crippen LogP) is 0.0306. The summed E-state index contributed by atoms with van der Waals surface area (Å²) in [4.78, 5) is 0. The molecule has 2 aliphatic heterocycles. The molecule has 0 saturated carbocycles. The van der Waals surface area contributed by atoms with Crippen LogP contribution in [0.15, 0.2) is 0 Å². The van der Waals surface area contributed by atoms with Gasteiger partial charge in [-0.2, -0.15) is 0 Å². The van der Waals surface area contributed by atoms with Gasteiger partial charge in [0.2, 0.25) is 0 Å². The van der Waals surface area contributed by atoms with Crippen molar-refractivity contribution in [3.63, 3.8) is 0 Å². The maximum atomic E-state index is 11.1. The van der Waals surface area contributed by atoms with E-state index in [2.05, 4.69) is 5.32 Å². The van der Waals surface area contributed by atoms with E-state index in [9.17, 15) is 8.42 Å². The summed E-state index contributed by atoms with van der Waals surface area (Å²) in [5.74, 6) is 2.29. The van der Waals surface area contributed by atoms with Crippen LogP contribution >= 0.6 is 0 Å². The van der Waals surface area contributed by atoms with Gasteiger partial charge in [0, 0.05) is 0 Å². The van der Waals surface area contributed by atoms with Gasteiger partial charge in [0.1, 0.15) is 9.84 Å². The largest absolute Gasteiger partial charge is 0.316 e. The van der Waals surface area contributed by atoms with Crippen LogP contribution in [0.3, 0.4) is 0 Å². The fraction of sp³-hybridized carbons (Fsp3) is 1.00. The third-order valence-corrected chi connectivity index (χ3v) is 4.79. The van der Waals surface area contributed by atoms with Crippen LogP contribution in [0.25, 0.3) is 0 Å². The van der Waals surface area contributed by atoms with E-state index in [1.807, 2.05) is 0 Å². The van der Waals surface area contributed by atoms with E-state index < -0.39 is 9.84 Å². The van der Waals surface area contributed by atoms with Crippen molar-refractivity contribution in [3.05, 3.63) is 0 Å². The van der Waals surface area contributed by atoms with Gasteiger partial charge < -0.3 is 5.32 Å². The SMILES string of the molecule is O=S1(=O)CCC(C2CNC2)CC1. The molecular weight excluding hydrogens is 174 g/mol. The Hall–Kier alpha value is -0.0900. The molecule has 2 aliphatic rings. The molecular formula is C8H15NO2S. The normalized spacial score (nSPS) is 31.3. The summed E-state index contributed by atoms with van der Waals surface area (Å²) in [5, 5.41) is 3.23. The van der Waals surface area contributed by atoms with Gasteiger partial charge in [0.25, 0.3) is 0 Å². The van der Waals surface area contributed by atoms with Gasteiger partial charge in [0.05, 0.1) is 11.5 Å². The second-order valence-corrected chi connectivity index (χ2v) is 6.21. The summed E-state index contributed by atoms with van der Waals surface area (Å²) >= 11 is 0. The molecule has 2 saturated heterocycles. The Labute approximate surface area is 73.5 Å². The lowest BCUT2D eigenvalue weighted by molar-refractivity contribution is 0.219. The zero-order chi connectivity index (χ0) is 8.60. The van der Waals surface area contributed by atoms with E-state index in [-0.39, 0.29) is 0 Å². The van der Waals surface area contributed by atoms with Gasteiger partial charge in [-0.25, -0.2) is 8.42 Å². The molecule has 0 radical (unpaired) electrons. The summed E-state index contributed by atoms with van der Waals surface area (Å²) < 4.78 is 22.2. The van der Waals surface area contributed by atoms with Crippen LogP contribution in [0.5, 0.6) is 0 Å². The third-order valence-electron chi connectivity index (χ3n) is 3.08. The Morgan fingerprint density at radius 2 is 1.58 bits per heavy atom. The summed E-state index contributed by atoms with van der Waals surface area (Å²) in [6.07, 6.45) is 1.80. The van der Waals surface area contributed by atoms with Crippen molar-refractivity contribution < 1.29 is 8.42 Å². The van der Waals surface area contributed by atoms with E-state index in [0.717, 1.165) is 31.8 Å². The van der Waals surface area contributed by atoms with Crippen LogP contribution in [0.1, 0.15) is 12.8 Å². The van der Waals surface area contributed by atoms with Crippen molar-refractivity contribution >= 4 is 9.84 Å². The number of hydrogen-bond acceptors (Lipinski definition) is 3. The van der Waals surface area contributed by atoms with Crippen molar-refractivity contribution in [3.8, 4) is 0 Å². The predicted molar refractivity (Wildman–Crippen MR) is 47.7 cm³/mol. The fourth-order valence-electron chi connectivity index (χ4n) is 2.02. The quantitative estimate of drug-likeness (QED) is 0.633. The highest BCUT2D eigenvalue weighted by Gasteiger charge is 2.32. The van der Waals surface area contributed by atoms with Crippen LogP contribution < -0.4 is 5.32 Å². The molecule has 12 heavy (non-hydrogen) atoms. The molecule has 1 N–H and O–H groups in total. The summed E-state index contributed by atoms with van der Waals surface area (Å²) in [6, 6.07) is 0. The lowest BCUT2D eigenvalue weighted by atomic mass is 9.83. The van der Waals surface area contributed by atoms with E-state index in [1.54, 1.807) is 0 Å². The molecule has 4 heteroatoms. The molecule has 70 valence electrons. The zero-order valence-electron chi connectivity index (χ0n) is 7.12. The maximum Gasteiger partial charge on any atom is 0.150 e. The number of rotatable bonds is 1. The van der Waals surface area contributed by atoms with Gasteiger partial charge in [-0.1, -0.05) is 0 Å². The Morgan fingerprint density at radius 3 is 2.00 bits per heavy atom. The van der Waals surface area contributed by atoms with E-state index >= 15 is 0 Å². The topological polar surface area (TPSA) is 46.2 Å². The maximum absolute atomic E-state index is 11.1. The minimum absolute atomic E-state index is 0.425. The van der Waals surface area contributed by atoms with Crippen LogP contribution in [-0.2, 0) is 9.84 Å². The first-order valence-electron chi connectivity index (χ1n) is 4.58. The molecule has 0 amide bonds. The first kappa shape index (κ1) is 8.51. The standard InChI is InChI=1S/C8H15NO2S/c10-12(11)3-1-7(2-4-12)8-5-9-6-8/h7-9H,1-6H2. The Morgan fingerprint density at radius 1 is 1.00 bits per heavy atom. The molecule has 0 aliphatic carbocycles. The second kappa shape index (κ2) is 3.00. The van der Waals surface area contributed by atoms with Crippen LogP contribution in [0.4, 0.5) is 0 Å². The molecule has 2 heterocycles. The lowest BCUT2D eigenvalue weighted by Crippen LogP contribution is -2.47. The van der Waals surface area contributed by atoms with Crippen molar-refractivity contribution in [2.24, 2.45) is 11.8 Å². The highest BCUT2D eigenvalue weighted by molar-refractivity contribution is 7.91. The molecule has 0 aromatic carbocycles. The van der Waals surface area contributed by atoms with Gasteiger partial charge in [-0.05, 0) is 37.8 Å². The summed E-state index contributed by atoms with van der Waals surface area (Å²) in [6.45, 7) is 2.20. The van der Waals surface area contributed by atoms with Crippen LogP contribution in [0, 0.1) is 11.8 Å². The van der Waals surface area contributed by atoms with Crippen LogP contribution in [-0.4, -0.2) is 33.0 Å². The number of nitrogens with one attached hydrogen (secondary N) is 1. The first-order valence-corrected chi connectivity index (χ1v) is 6.41. The number of hydrogen-bond donors (Lipinski definition) is 1. The highest BCUT2D eigenvalue weighted by atomic mass is 32.2. The van der Waals surface area contributed by atoms with E-state index in [1.165, 1.54) is 0 Å². The average molecular weight is 189 g/mol. The lowest BCUT2D eigenvalue weighted by Gasteiger charge is -2.36. The molecule has 0 spiro atoms. The third kappa shape index (κ3) is 1.64. The molecule has 0 bridgehead atoms. The van der Waals surface area contributed by atoms with E-state index in [0.29, 0.717) is 17.4 Å². The van der Waals surface area contributed by atoms with Gasteiger partial charge in [0.15, 0.2) is 0 Å². The van der Waals surface area contributed by atoms with Crippen LogP contribution in [0.2, 0.25) is 0 Å². The molecule has 2 rings (SSSR count). The molecule has 3 nitrogen and oxygen atoms in total. The molecule has 0 atom stereocenters. The van der Waals surface area contributed by atoms with Crippen molar-refractivity contribution in [2.75, 3.05) is 24.6 Å². The minimum atomic E-state index is -2.65. The zero-order valence-corrected chi connectivity index (χ0v) is 7.94. The summed E-state index contributed by atoms with van der Waals surface area (Å²) in [5.41, 5.74) is 0. The van der Waals surface area contributed by atoms with Gasteiger partial charge in [-0.3, -0.25) is 0 Å². The van der Waals surface area contributed by atoms with Crippen molar-refractivity contribution in [1.29, 1.82) is 0 Å².